The van der Waals surface area contributed by atoms with Gasteiger partial charge in [0.2, 0.25) is 0 Å². The van der Waals surface area contributed by atoms with Crippen molar-refractivity contribution in [3.8, 4) is 11.1 Å². The summed E-state index contributed by atoms with van der Waals surface area (Å²) in [6, 6.07) is 19.3. The Labute approximate surface area is 179 Å². The molecule has 4 rings (SSSR count). The largest absolute Gasteiger partial charge is 0.339 e. The summed E-state index contributed by atoms with van der Waals surface area (Å²) in [5.74, 6) is 0.980. The Morgan fingerprint density at radius 2 is 1.43 bits per heavy atom. The molecule has 0 amide bonds. The molecular weight excluding hydrogens is 368 g/mol. The smallest absolute Gasteiger partial charge is 0.180 e. The maximum atomic E-state index is 4.39. The molecule has 1 N–H and O–H groups in total. The second-order valence-electron chi connectivity index (χ2n) is 9.87. The molecule has 0 aliphatic heterocycles. The number of nitrogens with zero attached hydrogens (tertiary/aromatic N) is 3. The fraction of sp³-hybridized carbons (Fsp3) is 0.346. The molecule has 0 fully saturated rings. The number of H-pyrrole nitrogens is 1. The number of aromatic nitrogens is 4. The Balaban J connectivity index is 0.000000172. The van der Waals surface area contributed by atoms with Crippen LogP contribution < -0.4 is 0 Å². The number of rotatable bonds is 2. The van der Waals surface area contributed by atoms with E-state index < -0.39 is 0 Å². The van der Waals surface area contributed by atoms with Gasteiger partial charge in [0.1, 0.15) is 17.7 Å². The lowest BCUT2D eigenvalue weighted by atomic mass is 9.86. The van der Waals surface area contributed by atoms with Crippen LogP contribution in [0.25, 0.3) is 22.3 Å². The molecule has 0 atom stereocenters. The Kier molecular flexibility index (Phi) is 6.35. The number of imidazole rings is 1. The van der Waals surface area contributed by atoms with E-state index >= 15 is 0 Å². The van der Waals surface area contributed by atoms with Gasteiger partial charge >= 0.3 is 0 Å². The number of benzene rings is 2. The predicted octanol–water partition coefficient (Wildman–Crippen LogP) is 6.59. The van der Waals surface area contributed by atoms with Gasteiger partial charge in [0.25, 0.3) is 0 Å². The first-order valence-corrected chi connectivity index (χ1v) is 10.4. The Morgan fingerprint density at radius 1 is 0.800 bits per heavy atom. The van der Waals surface area contributed by atoms with Gasteiger partial charge in [-0.1, -0.05) is 96.1 Å². The fourth-order valence-electron chi connectivity index (χ4n) is 3.19. The Bertz CT molecular complexity index is 1030. The summed E-state index contributed by atoms with van der Waals surface area (Å²) < 4.78 is 0. The normalized spacial score (nSPS) is 11.8. The van der Waals surface area contributed by atoms with Crippen LogP contribution in [0.2, 0.25) is 0 Å². The molecule has 0 radical (unpaired) electrons. The standard InChI is InChI=1S/C16H18.C10H14N4/c1-16(2,3)15-11-9-14(10-12-15)13-7-5-4-6-8-13;1-10(2,3)4-8-13-7-5-11-6-12-9(7)14-8/h4-12H,1-3H3;5-6H,4H2,1-3H3,(H,11,12,13,14). The summed E-state index contributed by atoms with van der Waals surface area (Å²) in [6.45, 7) is 13.3. The monoisotopic (exact) mass is 400 g/mol. The third-order valence-electron chi connectivity index (χ3n) is 4.77. The Hall–Kier alpha value is -3.01. The van der Waals surface area contributed by atoms with Crippen molar-refractivity contribution in [3.63, 3.8) is 0 Å². The van der Waals surface area contributed by atoms with E-state index in [1.165, 1.54) is 23.0 Å². The number of hydrogen-bond acceptors (Lipinski definition) is 3. The molecule has 4 heteroatoms. The van der Waals surface area contributed by atoms with Crippen molar-refractivity contribution in [1.29, 1.82) is 0 Å². The molecule has 4 nitrogen and oxygen atoms in total. The maximum absolute atomic E-state index is 4.39. The topological polar surface area (TPSA) is 54.5 Å². The number of fused-ring (bicyclic) bond motifs is 1. The average molecular weight is 401 g/mol. The second-order valence-corrected chi connectivity index (χ2v) is 9.87. The van der Waals surface area contributed by atoms with Gasteiger partial charge in [-0.25, -0.2) is 15.0 Å². The zero-order valence-electron chi connectivity index (χ0n) is 18.9. The number of hydrogen-bond donors (Lipinski definition) is 1. The SMILES string of the molecule is CC(C)(C)Cc1nc2ncncc2[nH]1.CC(C)(C)c1ccc(-c2ccccc2)cc1. The van der Waals surface area contributed by atoms with Crippen LogP contribution >= 0.6 is 0 Å². The van der Waals surface area contributed by atoms with Crippen LogP contribution in [0.1, 0.15) is 52.9 Å². The lowest BCUT2D eigenvalue weighted by Crippen LogP contribution is -2.10. The van der Waals surface area contributed by atoms with Crippen molar-refractivity contribution in [2.24, 2.45) is 5.41 Å². The fourth-order valence-corrected chi connectivity index (χ4v) is 3.19. The van der Waals surface area contributed by atoms with Crippen molar-refractivity contribution in [3.05, 3.63) is 78.5 Å². The van der Waals surface area contributed by atoms with E-state index in [1.807, 2.05) is 6.07 Å². The lowest BCUT2D eigenvalue weighted by Gasteiger charge is -2.19. The van der Waals surface area contributed by atoms with E-state index in [9.17, 15) is 0 Å². The van der Waals surface area contributed by atoms with Crippen LogP contribution in [-0.4, -0.2) is 19.9 Å². The summed E-state index contributed by atoms with van der Waals surface area (Å²) in [6.07, 6.45) is 4.19. The first kappa shape index (κ1) is 21.7. The molecule has 0 aliphatic carbocycles. The minimum absolute atomic E-state index is 0.231. The van der Waals surface area contributed by atoms with Crippen molar-refractivity contribution in [2.45, 2.75) is 53.4 Å². The van der Waals surface area contributed by atoms with Crippen LogP contribution in [-0.2, 0) is 11.8 Å². The summed E-state index contributed by atoms with van der Waals surface area (Å²) >= 11 is 0. The molecule has 2 aromatic carbocycles. The first-order chi connectivity index (χ1) is 14.1. The number of aromatic amines is 1. The summed E-state index contributed by atoms with van der Waals surface area (Å²) in [7, 11) is 0. The average Bonchev–Trinajstić information content (AvgIpc) is 3.09. The van der Waals surface area contributed by atoms with Gasteiger partial charge in [0.15, 0.2) is 5.65 Å². The van der Waals surface area contributed by atoms with Crippen LogP contribution in [0.5, 0.6) is 0 Å². The highest BCUT2D eigenvalue weighted by molar-refractivity contribution is 5.68. The molecule has 0 saturated heterocycles. The Morgan fingerprint density at radius 3 is 2.00 bits per heavy atom. The number of nitrogens with one attached hydrogen (secondary N) is 1. The van der Waals surface area contributed by atoms with Crippen LogP contribution in [0.4, 0.5) is 0 Å². The van der Waals surface area contributed by atoms with Crippen LogP contribution in [0, 0.1) is 5.41 Å². The molecule has 4 aromatic rings. The highest BCUT2D eigenvalue weighted by Gasteiger charge is 2.14. The van der Waals surface area contributed by atoms with Gasteiger partial charge < -0.3 is 4.98 Å². The maximum Gasteiger partial charge on any atom is 0.180 e. The summed E-state index contributed by atoms with van der Waals surface area (Å²) in [4.78, 5) is 15.6. The van der Waals surface area contributed by atoms with Gasteiger partial charge in [-0.3, -0.25) is 0 Å². The lowest BCUT2D eigenvalue weighted by molar-refractivity contribution is 0.402. The molecule has 2 aromatic heterocycles. The van der Waals surface area contributed by atoms with Crippen LogP contribution in [0.15, 0.2) is 67.1 Å². The van der Waals surface area contributed by atoms with E-state index in [1.54, 1.807) is 6.20 Å². The van der Waals surface area contributed by atoms with Crippen molar-refractivity contribution >= 4 is 11.2 Å². The zero-order chi connectivity index (χ0) is 21.8. The van der Waals surface area contributed by atoms with E-state index in [0.29, 0.717) is 0 Å². The molecule has 2 heterocycles. The van der Waals surface area contributed by atoms with E-state index in [2.05, 4.69) is 110 Å². The molecule has 0 unspecified atom stereocenters. The third-order valence-corrected chi connectivity index (χ3v) is 4.77. The van der Waals surface area contributed by atoms with Gasteiger partial charge in [-0.05, 0) is 27.5 Å². The van der Waals surface area contributed by atoms with Crippen LogP contribution in [0.3, 0.4) is 0 Å². The first-order valence-electron chi connectivity index (χ1n) is 10.4. The molecule has 0 spiro atoms. The highest BCUT2D eigenvalue weighted by Crippen LogP contribution is 2.26. The molecule has 0 aliphatic rings. The highest BCUT2D eigenvalue weighted by atomic mass is 15.0. The van der Waals surface area contributed by atoms with Crippen molar-refractivity contribution in [2.75, 3.05) is 0 Å². The molecule has 0 bridgehead atoms. The third kappa shape index (κ3) is 5.99. The molecular formula is C26H32N4. The molecule has 156 valence electrons. The van der Waals surface area contributed by atoms with Crippen molar-refractivity contribution < 1.29 is 0 Å². The van der Waals surface area contributed by atoms with E-state index in [4.69, 9.17) is 0 Å². The van der Waals surface area contributed by atoms with Gasteiger partial charge in [0.05, 0.1) is 6.20 Å². The van der Waals surface area contributed by atoms with Crippen molar-refractivity contribution in [1.82, 2.24) is 19.9 Å². The van der Waals surface area contributed by atoms with E-state index in [0.717, 1.165) is 23.4 Å². The minimum Gasteiger partial charge on any atom is -0.339 e. The van der Waals surface area contributed by atoms with Gasteiger partial charge in [0, 0.05) is 6.42 Å². The quantitative estimate of drug-likeness (QED) is 0.413. The summed E-state index contributed by atoms with van der Waals surface area (Å²) in [5.41, 5.74) is 6.08. The second kappa shape index (κ2) is 8.78. The van der Waals surface area contributed by atoms with Gasteiger partial charge in [-0.15, -0.1) is 0 Å². The molecule has 0 saturated carbocycles. The van der Waals surface area contributed by atoms with Gasteiger partial charge in [-0.2, -0.15) is 0 Å². The predicted molar refractivity (Wildman–Crippen MR) is 125 cm³/mol. The zero-order valence-corrected chi connectivity index (χ0v) is 18.9. The summed E-state index contributed by atoms with van der Waals surface area (Å²) in [5, 5.41) is 0. The van der Waals surface area contributed by atoms with E-state index in [-0.39, 0.29) is 10.8 Å². The molecule has 30 heavy (non-hydrogen) atoms. The minimum atomic E-state index is 0.231.